The van der Waals surface area contributed by atoms with E-state index in [0.29, 0.717) is 6.61 Å². The van der Waals surface area contributed by atoms with E-state index in [2.05, 4.69) is 0 Å². The maximum atomic E-state index is 12.5. The number of hydrogen-bond acceptors (Lipinski definition) is 3. The molecule has 0 bridgehead atoms. The molecule has 0 spiro atoms. The summed E-state index contributed by atoms with van der Waals surface area (Å²) in [4.78, 5) is 14.0. The summed E-state index contributed by atoms with van der Waals surface area (Å²) in [7, 11) is 0. The molecule has 1 fully saturated rings. The van der Waals surface area contributed by atoms with E-state index in [4.69, 9.17) is 9.84 Å². The van der Waals surface area contributed by atoms with Crippen molar-refractivity contribution in [1.82, 2.24) is 9.47 Å². The minimum atomic E-state index is -2.51. The van der Waals surface area contributed by atoms with Crippen LogP contribution in [0.15, 0.2) is 18.3 Å². The number of carbonyl (C=O) groups is 1. The molecule has 2 atom stereocenters. The molecule has 1 aliphatic rings. The van der Waals surface area contributed by atoms with E-state index in [0.717, 1.165) is 0 Å². The first kappa shape index (κ1) is 14.9. The van der Waals surface area contributed by atoms with Crippen LogP contribution in [0.1, 0.15) is 17.4 Å². The van der Waals surface area contributed by atoms with Gasteiger partial charge in [0.25, 0.3) is 12.3 Å². The second kappa shape index (κ2) is 6.32. The molecule has 2 rings (SSSR count). The van der Waals surface area contributed by atoms with Gasteiger partial charge in [-0.15, -0.1) is 0 Å². The predicted octanol–water partition coefficient (Wildman–Crippen LogP) is 0.975. The van der Waals surface area contributed by atoms with Gasteiger partial charge in [0.05, 0.1) is 31.9 Å². The molecule has 7 heteroatoms. The third-order valence-corrected chi connectivity index (χ3v) is 3.35. The number of nitrogens with zero attached hydrogens (tertiary/aromatic N) is 2. The van der Waals surface area contributed by atoms with Gasteiger partial charge >= 0.3 is 0 Å². The van der Waals surface area contributed by atoms with Crippen LogP contribution in [0.2, 0.25) is 0 Å². The number of aliphatic hydroxyl groups excluding tert-OH is 1. The molecule has 2 heterocycles. The zero-order valence-electron chi connectivity index (χ0n) is 11.2. The summed E-state index contributed by atoms with van der Waals surface area (Å²) in [5.74, 6) is -0.315. The quantitative estimate of drug-likeness (QED) is 0.898. The fourth-order valence-corrected chi connectivity index (χ4v) is 2.27. The van der Waals surface area contributed by atoms with Gasteiger partial charge in [0.2, 0.25) is 0 Å². The van der Waals surface area contributed by atoms with Crippen molar-refractivity contribution < 1.29 is 23.4 Å². The normalized spacial score (nSPS) is 23.4. The minimum absolute atomic E-state index is 0.153. The molecule has 0 aliphatic carbocycles. The number of halogens is 2. The zero-order valence-corrected chi connectivity index (χ0v) is 11.2. The van der Waals surface area contributed by atoms with Crippen LogP contribution in [0.3, 0.4) is 0 Å². The van der Waals surface area contributed by atoms with Crippen molar-refractivity contribution in [1.29, 1.82) is 0 Å². The summed E-state index contributed by atoms with van der Waals surface area (Å²) in [6, 6.07) is 2.95. The van der Waals surface area contributed by atoms with Gasteiger partial charge < -0.3 is 19.3 Å². The van der Waals surface area contributed by atoms with E-state index < -0.39 is 19.1 Å². The molecule has 2 unspecified atom stereocenters. The SMILES string of the molecule is CC1COC(CO)CN1C(=O)c1cccn1CC(F)F. The highest BCUT2D eigenvalue weighted by atomic mass is 19.3. The Hall–Kier alpha value is -1.47. The summed E-state index contributed by atoms with van der Waals surface area (Å²) in [6.07, 6.45) is -1.47. The third-order valence-electron chi connectivity index (χ3n) is 3.35. The van der Waals surface area contributed by atoms with Crippen molar-refractivity contribution in [3.63, 3.8) is 0 Å². The molecule has 1 amide bonds. The largest absolute Gasteiger partial charge is 0.394 e. The van der Waals surface area contributed by atoms with Crippen LogP contribution in [-0.4, -0.2) is 58.8 Å². The Labute approximate surface area is 115 Å². The smallest absolute Gasteiger partial charge is 0.270 e. The average molecular weight is 288 g/mol. The van der Waals surface area contributed by atoms with E-state index in [1.807, 2.05) is 6.92 Å². The van der Waals surface area contributed by atoms with Gasteiger partial charge in [-0.3, -0.25) is 4.79 Å². The highest BCUT2D eigenvalue weighted by molar-refractivity contribution is 5.93. The molecule has 1 aliphatic heterocycles. The molecule has 20 heavy (non-hydrogen) atoms. The zero-order chi connectivity index (χ0) is 14.7. The monoisotopic (exact) mass is 288 g/mol. The number of hydrogen-bond donors (Lipinski definition) is 1. The lowest BCUT2D eigenvalue weighted by atomic mass is 10.2. The van der Waals surface area contributed by atoms with Crippen LogP contribution in [0.25, 0.3) is 0 Å². The first-order valence-electron chi connectivity index (χ1n) is 6.49. The van der Waals surface area contributed by atoms with Gasteiger partial charge in [0.15, 0.2) is 0 Å². The van der Waals surface area contributed by atoms with E-state index in [1.54, 1.807) is 11.0 Å². The van der Waals surface area contributed by atoms with Crippen LogP contribution in [-0.2, 0) is 11.3 Å². The van der Waals surface area contributed by atoms with Crippen molar-refractivity contribution in [2.24, 2.45) is 0 Å². The number of ether oxygens (including phenoxy) is 1. The third kappa shape index (κ3) is 3.16. The van der Waals surface area contributed by atoms with Crippen molar-refractivity contribution in [3.05, 3.63) is 24.0 Å². The van der Waals surface area contributed by atoms with Crippen LogP contribution < -0.4 is 0 Å². The average Bonchev–Trinajstić information content (AvgIpc) is 2.86. The van der Waals surface area contributed by atoms with E-state index >= 15 is 0 Å². The summed E-state index contributed by atoms with van der Waals surface area (Å²) in [5.41, 5.74) is 0.232. The fraction of sp³-hybridized carbons (Fsp3) is 0.615. The van der Waals surface area contributed by atoms with Crippen LogP contribution in [0, 0.1) is 0 Å². The Bertz CT molecular complexity index is 464. The van der Waals surface area contributed by atoms with Crippen LogP contribution in [0.4, 0.5) is 8.78 Å². The Balaban J connectivity index is 2.15. The van der Waals surface area contributed by atoms with Crippen LogP contribution >= 0.6 is 0 Å². The molecule has 5 nitrogen and oxygen atoms in total. The first-order valence-corrected chi connectivity index (χ1v) is 6.49. The Morgan fingerprint density at radius 2 is 2.35 bits per heavy atom. The van der Waals surface area contributed by atoms with Gasteiger partial charge in [-0.1, -0.05) is 0 Å². The van der Waals surface area contributed by atoms with Crippen molar-refractivity contribution in [3.8, 4) is 0 Å². The van der Waals surface area contributed by atoms with Gasteiger partial charge in [0.1, 0.15) is 5.69 Å². The Kier molecular flexibility index (Phi) is 4.72. The predicted molar refractivity (Wildman–Crippen MR) is 67.8 cm³/mol. The molecule has 0 aromatic carbocycles. The first-order chi connectivity index (χ1) is 9.52. The molecule has 1 N–H and O–H groups in total. The molecule has 0 saturated carbocycles. The lowest BCUT2D eigenvalue weighted by Gasteiger charge is -2.37. The second-order valence-electron chi connectivity index (χ2n) is 4.88. The van der Waals surface area contributed by atoms with Crippen molar-refractivity contribution >= 4 is 5.91 Å². The number of carbonyl (C=O) groups excluding carboxylic acids is 1. The van der Waals surface area contributed by atoms with Crippen molar-refractivity contribution in [2.75, 3.05) is 19.8 Å². The molecule has 112 valence electrons. The lowest BCUT2D eigenvalue weighted by molar-refractivity contribution is -0.0670. The summed E-state index contributed by atoms with van der Waals surface area (Å²) >= 11 is 0. The van der Waals surface area contributed by atoms with Crippen molar-refractivity contribution in [2.45, 2.75) is 32.0 Å². The van der Waals surface area contributed by atoms with Gasteiger partial charge in [-0.2, -0.15) is 0 Å². The van der Waals surface area contributed by atoms with Gasteiger partial charge in [-0.05, 0) is 19.1 Å². The number of aromatic nitrogens is 1. The maximum Gasteiger partial charge on any atom is 0.270 e. The standard InChI is InChI=1S/C13H18F2N2O3/c1-9-8-20-10(7-18)5-17(9)13(19)11-3-2-4-16(11)6-12(14)15/h2-4,9-10,12,18H,5-8H2,1H3. The molecular formula is C13H18F2N2O3. The molecule has 1 aromatic heterocycles. The number of rotatable bonds is 4. The fourth-order valence-electron chi connectivity index (χ4n) is 2.27. The Morgan fingerprint density at radius 3 is 3.00 bits per heavy atom. The highest BCUT2D eigenvalue weighted by Crippen LogP contribution is 2.17. The maximum absolute atomic E-state index is 12.5. The summed E-state index contributed by atoms with van der Waals surface area (Å²) in [6.45, 7) is 1.74. The molecule has 1 saturated heterocycles. The minimum Gasteiger partial charge on any atom is -0.394 e. The topological polar surface area (TPSA) is 54.7 Å². The van der Waals surface area contributed by atoms with Crippen LogP contribution in [0.5, 0.6) is 0 Å². The van der Waals surface area contributed by atoms with Gasteiger partial charge in [0, 0.05) is 12.7 Å². The van der Waals surface area contributed by atoms with E-state index in [1.165, 1.54) is 16.8 Å². The summed E-state index contributed by atoms with van der Waals surface area (Å²) in [5, 5.41) is 9.11. The number of amides is 1. The second-order valence-corrected chi connectivity index (χ2v) is 4.88. The molecule has 1 aromatic rings. The van der Waals surface area contributed by atoms with E-state index in [-0.39, 0.29) is 30.8 Å². The number of alkyl halides is 2. The van der Waals surface area contributed by atoms with Gasteiger partial charge in [-0.25, -0.2) is 8.78 Å². The number of morpholine rings is 1. The molecule has 0 radical (unpaired) electrons. The number of aliphatic hydroxyl groups is 1. The van der Waals surface area contributed by atoms with E-state index in [9.17, 15) is 13.6 Å². The molecular weight excluding hydrogens is 270 g/mol. The Morgan fingerprint density at radius 1 is 1.60 bits per heavy atom. The summed E-state index contributed by atoms with van der Waals surface area (Å²) < 4.78 is 31.6. The highest BCUT2D eigenvalue weighted by Gasteiger charge is 2.31. The lowest BCUT2D eigenvalue weighted by Crippen LogP contribution is -2.52.